The van der Waals surface area contributed by atoms with E-state index in [1.54, 1.807) is 6.92 Å². The zero-order chi connectivity index (χ0) is 13.7. The van der Waals surface area contributed by atoms with Gasteiger partial charge in [-0.05, 0) is 13.2 Å². The molecule has 0 aliphatic heterocycles. The van der Waals surface area contributed by atoms with E-state index in [1.807, 2.05) is 6.26 Å². The first-order valence-electron chi connectivity index (χ1n) is 5.27. The number of nitrogens with zero attached hydrogens (tertiary/aromatic N) is 1. The van der Waals surface area contributed by atoms with Crippen LogP contribution in [0.3, 0.4) is 0 Å². The lowest BCUT2D eigenvalue weighted by Crippen LogP contribution is -2.41. The van der Waals surface area contributed by atoms with Crippen LogP contribution in [0.15, 0.2) is 12.3 Å². The largest absolute Gasteiger partial charge is 0.395 e. The number of nitro groups is 1. The third-order valence-corrected chi connectivity index (χ3v) is 3.69. The van der Waals surface area contributed by atoms with Gasteiger partial charge in [0.05, 0.1) is 17.7 Å². The van der Waals surface area contributed by atoms with Crippen molar-refractivity contribution in [2.75, 3.05) is 12.9 Å². The normalized spacial score (nSPS) is 13.9. The van der Waals surface area contributed by atoms with Gasteiger partial charge in [0.1, 0.15) is 5.69 Å². The molecule has 1 rings (SSSR count). The van der Waals surface area contributed by atoms with Crippen LogP contribution in [0.5, 0.6) is 0 Å². The molecule has 1 aromatic rings. The fourth-order valence-electron chi connectivity index (χ4n) is 1.43. The number of hydrogen-bond acceptors (Lipinski definition) is 5. The summed E-state index contributed by atoms with van der Waals surface area (Å²) in [6, 6.07) is 0.939. The highest BCUT2D eigenvalue weighted by Crippen LogP contribution is 2.14. The third-order valence-electron chi connectivity index (χ3n) is 2.52. The minimum absolute atomic E-state index is 0.0481. The molecular formula is C10H15N3O4S. The highest BCUT2D eigenvalue weighted by molar-refractivity contribution is 7.99. The summed E-state index contributed by atoms with van der Waals surface area (Å²) < 4.78 is 0. The summed E-state index contributed by atoms with van der Waals surface area (Å²) in [5.41, 5.74) is -0.0253. The van der Waals surface area contributed by atoms with Gasteiger partial charge in [0.15, 0.2) is 0 Å². The van der Waals surface area contributed by atoms with Gasteiger partial charge in [0, 0.05) is 17.4 Å². The molecule has 1 aromatic heterocycles. The van der Waals surface area contributed by atoms with Gasteiger partial charge < -0.3 is 15.4 Å². The van der Waals surface area contributed by atoms with Gasteiger partial charge in [-0.15, -0.1) is 0 Å². The Hall–Kier alpha value is -1.54. The number of thioether (sulfide) groups is 1. The number of hydrogen-bond donors (Lipinski definition) is 3. The molecule has 2 unspecified atom stereocenters. The summed E-state index contributed by atoms with van der Waals surface area (Å²) in [6.07, 6.45) is 3.00. The first-order chi connectivity index (χ1) is 8.49. The Morgan fingerprint density at radius 3 is 2.83 bits per heavy atom. The van der Waals surface area contributed by atoms with Gasteiger partial charge in [-0.3, -0.25) is 14.9 Å². The topological polar surface area (TPSA) is 108 Å². The second-order valence-electron chi connectivity index (χ2n) is 3.75. The van der Waals surface area contributed by atoms with Crippen LogP contribution in [0.2, 0.25) is 0 Å². The van der Waals surface area contributed by atoms with E-state index >= 15 is 0 Å². The minimum atomic E-state index is -0.574. The predicted molar refractivity (Wildman–Crippen MR) is 68.8 cm³/mol. The lowest BCUT2D eigenvalue weighted by atomic mass is 10.2. The number of carbonyl (C=O) groups excluding carboxylic acids is 1. The van der Waals surface area contributed by atoms with E-state index in [4.69, 9.17) is 5.11 Å². The van der Waals surface area contributed by atoms with Crippen molar-refractivity contribution < 1.29 is 14.8 Å². The smallest absolute Gasteiger partial charge is 0.287 e. The summed E-state index contributed by atoms with van der Waals surface area (Å²) in [5, 5.41) is 22.1. The first kappa shape index (κ1) is 14.5. The van der Waals surface area contributed by atoms with Gasteiger partial charge in [0.2, 0.25) is 0 Å². The molecule has 0 fully saturated rings. The number of aromatic nitrogens is 1. The lowest BCUT2D eigenvalue weighted by Gasteiger charge is -2.20. The first-order valence-corrected chi connectivity index (χ1v) is 6.55. The van der Waals surface area contributed by atoms with E-state index in [0.717, 1.165) is 6.20 Å². The highest BCUT2D eigenvalue weighted by Gasteiger charge is 2.20. The van der Waals surface area contributed by atoms with Crippen LogP contribution < -0.4 is 5.32 Å². The number of aliphatic hydroxyl groups excluding tert-OH is 1. The fourth-order valence-corrected chi connectivity index (χ4v) is 2.06. The minimum Gasteiger partial charge on any atom is -0.395 e. The summed E-state index contributed by atoms with van der Waals surface area (Å²) in [5.74, 6) is -0.428. The van der Waals surface area contributed by atoms with Crippen LogP contribution in [0.1, 0.15) is 17.4 Å². The number of aliphatic hydroxyl groups is 1. The van der Waals surface area contributed by atoms with E-state index in [9.17, 15) is 14.9 Å². The zero-order valence-corrected chi connectivity index (χ0v) is 10.9. The molecule has 0 aliphatic carbocycles. The number of H-pyrrole nitrogens is 1. The maximum absolute atomic E-state index is 11.8. The second-order valence-corrected chi connectivity index (χ2v) is 4.82. The molecule has 1 heterocycles. The maximum atomic E-state index is 11.8. The Bertz CT molecular complexity index is 431. The van der Waals surface area contributed by atoms with Gasteiger partial charge in [0.25, 0.3) is 11.6 Å². The van der Waals surface area contributed by atoms with E-state index in [-0.39, 0.29) is 29.3 Å². The van der Waals surface area contributed by atoms with Gasteiger partial charge in [-0.25, -0.2) is 0 Å². The van der Waals surface area contributed by atoms with Crippen LogP contribution >= 0.6 is 11.8 Å². The molecule has 1 amide bonds. The van der Waals surface area contributed by atoms with Crippen LogP contribution in [-0.2, 0) is 0 Å². The monoisotopic (exact) mass is 273 g/mol. The number of rotatable bonds is 6. The second kappa shape index (κ2) is 6.41. The predicted octanol–water partition coefficient (Wildman–Crippen LogP) is 0.765. The van der Waals surface area contributed by atoms with Crippen LogP contribution in [0.25, 0.3) is 0 Å². The molecule has 0 saturated heterocycles. The molecule has 18 heavy (non-hydrogen) atoms. The van der Waals surface area contributed by atoms with Crippen LogP contribution in [0, 0.1) is 10.1 Å². The Kier molecular flexibility index (Phi) is 5.17. The van der Waals surface area contributed by atoms with E-state index in [0.29, 0.717) is 0 Å². The lowest BCUT2D eigenvalue weighted by molar-refractivity contribution is -0.384. The third kappa shape index (κ3) is 3.47. The summed E-state index contributed by atoms with van der Waals surface area (Å²) in [6.45, 7) is 1.72. The van der Waals surface area contributed by atoms with Crippen molar-refractivity contribution in [1.82, 2.24) is 10.3 Å². The SMILES string of the molecule is CSC(CO)C(C)NC(=O)c1cc([N+](=O)[O-])c[nH]1. The molecule has 8 heteroatoms. The Morgan fingerprint density at radius 2 is 2.39 bits per heavy atom. The Labute approximate surface area is 108 Å². The van der Waals surface area contributed by atoms with Crippen molar-refractivity contribution in [2.45, 2.75) is 18.2 Å². The highest BCUT2D eigenvalue weighted by atomic mass is 32.2. The Balaban J connectivity index is 2.67. The average Bonchev–Trinajstić information content (AvgIpc) is 2.79. The molecule has 0 saturated carbocycles. The molecule has 0 aromatic carbocycles. The molecule has 3 N–H and O–H groups in total. The van der Waals surface area contributed by atoms with Crippen molar-refractivity contribution in [3.8, 4) is 0 Å². The van der Waals surface area contributed by atoms with E-state index in [2.05, 4.69) is 10.3 Å². The summed E-state index contributed by atoms with van der Waals surface area (Å²) in [4.78, 5) is 24.2. The summed E-state index contributed by atoms with van der Waals surface area (Å²) in [7, 11) is 0. The molecule has 0 spiro atoms. The molecule has 0 aliphatic rings. The van der Waals surface area contributed by atoms with E-state index in [1.165, 1.54) is 17.8 Å². The zero-order valence-electron chi connectivity index (χ0n) is 10.0. The number of carbonyl (C=O) groups is 1. The van der Waals surface area contributed by atoms with Gasteiger partial charge >= 0.3 is 0 Å². The number of amides is 1. The van der Waals surface area contributed by atoms with Crippen LogP contribution in [0.4, 0.5) is 5.69 Å². The molecule has 100 valence electrons. The fraction of sp³-hybridized carbons (Fsp3) is 0.500. The van der Waals surface area contributed by atoms with E-state index < -0.39 is 10.8 Å². The van der Waals surface area contributed by atoms with Crippen molar-refractivity contribution in [1.29, 1.82) is 0 Å². The summed E-state index contributed by atoms with van der Waals surface area (Å²) >= 11 is 1.44. The van der Waals surface area contributed by atoms with Crippen molar-refractivity contribution in [3.05, 3.63) is 28.1 Å². The quantitative estimate of drug-likeness (QED) is 0.524. The van der Waals surface area contributed by atoms with Gasteiger partial charge in [-0.2, -0.15) is 11.8 Å². The van der Waals surface area contributed by atoms with Gasteiger partial charge in [-0.1, -0.05) is 0 Å². The van der Waals surface area contributed by atoms with Crippen molar-refractivity contribution >= 4 is 23.4 Å². The van der Waals surface area contributed by atoms with Crippen molar-refractivity contribution in [3.63, 3.8) is 0 Å². The Morgan fingerprint density at radius 1 is 1.72 bits per heavy atom. The molecule has 7 nitrogen and oxygen atoms in total. The molecular weight excluding hydrogens is 258 g/mol. The number of aromatic amines is 1. The molecule has 2 atom stereocenters. The molecule has 0 bridgehead atoms. The molecule has 0 radical (unpaired) electrons. The van der Waals surface area contributed by atoms with Crippen LogP contribution in [-0.4, -0.2) is 45.1 Å². The van der Waals surface area contributed by atoms with Crippen molar-refractivity contribution in [2.24, 2.45) is 0 Å². The average molecular weight is 273 g/mol. The number of nitrogens with one attached hydrogen (secondary N) is 2. The standard InChI is InChI=1S/C10H15N3O4S/c1-6(9(5-14)18-2)12-10(15)8-3-7(4-11-8)13(16)17/h3-4,6,9,11,14H,5H2,1-2H3,(H,12,15). The maximum Gasteiger partial charge on any atom is 0.287 e.